The first-order chi connectivity index (χ1) is 19.9. The predicted molar refractivity (Wildman–Crippen MR) is 159 cm³/mol. The van der Waals surface area contributed by atoms with Gasteiger partial charge in [0.05, 0.1) is 19.6 Å². The van der Waals surface area contributed by atoms with Gasteiger partial charge in [-0.25, -0.2) is 14.8 Å². The minimum absolute atomic E-state index is 0.0364. The standard InChI is InChI=1S/C27H33N7O5S2/c1-4-12-38-26-30-24(31-27(36)39-14-15-40-41-22-7-5-6-10-28-22)20-16-23(35)34(25(20)32-26)18-19-8-9-21(29-17-19)37-13-11-33(2)3/h5-10,17H,4,11-16,18H2,1-3H3,(H,30,31,32,36). The lowest BCUT2D eigenvalue weighted by molar-refractivity contribution is -0.117. The molecule has 218 valence electrons. The van der Waals surface area contributed by atoms with Crippen LogP contribution in [0.15, 0.2) is 47.8 Å². The van der Waals surface area contributed by atoms with Crippen LogP contribution in [-0.4, -0.2) is 83.0 Å². The summed E-state index contributed by atoms with van der Waals surface area (Å²) < 4.78 is 16.7. The number of fused-ring (bicyclic) bond motifs is 1. The van der Waals surface area contributed by atoms with Crippen molar-refractivity contribution >= 4 is 45.2 Å². The normalized spacial score (nSPS) is 12.4. The van der Waals surface area contributed by atoms with Gasteiger partial charge in [-0.2, -0.15) is 9.97 Å². The van der Waals surface area contributed by atoms with Gasteiger partial charge in [-0.1, -0.05) is 29.9 Å². The first kappa shape index (κ1) is 30.3. The molecule has 1 aliphatic heterocycles. The highest BCUT2D eigenvalue weighted by Crippen LogP contribution is 2.35. The van der Waals surface area contributed by atoms with E-state index in [1.54, 1.807) is 23.4 Å². The molecule has 12 nitrogen and oxygen atoms in total. The molecular formula is C27H33N7O5S2. The summed E-state index contributed by atoms with van der Waals surface area (Å²) in [6, 6.07) is 9.40. The minimum atomic E-state index is -0.671. The van der Waals surface area contributed by atoms with E-state index in [4.69, 9.17) is 14.2 Å². The third-order valence-electron chi connectivity index (χ3n) is 5.61. The van der Waals surface area contributed by atoms with Crippen molar-refractivity contribution in [2.45, 2.75) is 31.3 Å². The number of nitrogens with one attached hydrogen (secondary N) is 1. The van der Waals surface area contributed by atoms with Gasteiger partial charge >= 0.3 is 12.1 Å². The lowest BCUT2D eigenvalue weighted by Crippen LogP contribution is -2.27. The molecule has 0 aromatic carbocycles. The van der Waals surface area contributed by atoms with Crippen molar-refractivity contribution < 1.29 is 23.8 Å². The molecule has 0 fully saturated rings. The van der Waals surface area contributed by atoms with Crippen LogP contribution >= 0.6 is 21.6 Å². The Bertz CT molecular complexity index is 1300. The van der Waals surface area contributed by atoms with Crippen molar-refractivity contribution in [2.24, 2.45) is 0 Å². The van der Waals surface area contributed by atoms with Crippen molar-refractivity contribution in [1.82, 2.24) is 24.8 Å². The largest absolute Gasteiger partial charge is 0.476 e. The Balaban J connectivity index is 1.39. The zero-order valence-corrected chi connectivity index (χ0v) is 24.9. The molecule has 3 aromatic heterocycles. The second kappa shape index (κ2) is 15.4. The van der Waals surface area contributed by atoms with Crippen molar-refractivity contribution in [2.75, 3.05) is 56.4 Å². The molecule has 41 heavy (non-hydrogen) atoms. The van der Waals surface area contributed by atoms with E-state index in [2.05, 4.69) is 25.3 Å². The molecule has 0 unspecified atom stereocenters. The van der Waals surface area contributed by atoms with Crippen LogP contribution in [0.4, 0.5) is 16.4 Å². The first-order valence-corrected chi connectivity index (χ1v) is 15.5. The van der Waals surface area contributed by atoms with Gasteiger partial charge in [0.25, 0.3) is 0 Å². The maximum absolute atomic E-state index is 13.0. The number of carbonyl (C=O) groups excluding carboxylic acids is 2. The summed E-state index contributed by atoms with van der Waals surface area (Å²) in [5, 5.41) is 3.56. The number of carbonyl (C=O) groups is 2. The minimum Gasteiger partial charge on any atom is -0.476 e. The SMILES string of the molecule is CCCOc1nc(NC(=O)OCCSSc2ccccn2)c2c(n1)N(Cc1ccc(OCCN(C)C)nc1)C(=O)C2. The van der Waals surface area contributed by atoms with Gasteiger partial charge in [0, 0.05) is 36.3 Å². The fourth-order valence-electron chi connectivity index (χ4n) is 3.63. The van der Waals surface area contributed by atoms with E-state index < -0.39 is 6.09 Å². The van der Waals surface area contributed by atoms with Gasteiger partial charge in [-0.05, 0) is 49.0 Å². The average molecular weight is 600 g/mol. The Morgan fingerprint density at radius 1 is 1.10 bits per heavy atom. The van der Waals surface area contributed by atoms with Crippen LogP contribution in [0.3, 0.4) is 0 Å². The van der Waals surface area contributed by atoms with Crippen molar-refractivity contribution in [3.63, 3.8) is 0 Å². The molecule has 0 atom stereocenters. The Labute approximate surface area is 247 Å². The zero-order chi connectivity index (χ0) is 29.0. The van der Waals surface area contributed by atoms with Crippen molar-refractivity contribution in [3.8, 4) is 11.9 Å². The highest BCUT2D eigenvalue weighted by Gasteiger charge is 2.33. The van der Waals surface area contributed by atoms with Crippen LogP contribution in [0.1, 0.15) is 24.5 Å². The smallest absolute Gasteiger partial charge is 0.412 e. The van der Waals surface area contributed by atoms with E-state index in [-0.39, 0.29) is 37.3 Å². The number of nitrogens with zero attached hydrogens (tertiary/aromatic N) is 6. The fourth-order valence-corrected chi connectivity index (χ4v) is 5.34. The van der Waals surface area contributed by atoms with E-state index in [0.29, 0.717) is 36.2 Å². The molecule has 0 saturated carbocycles. The maximum atomic E-state index is 13.0. The van der Waals surface area contributed by atoms with Crippen LogP contribution in [0.25, 0.3) is 0 Å². The fraction of sp³-hybridized carbons (Fsp3) is 0.407. The van der Waals surface area contributed by atoms with E-state index >= 15 is 0 Å². The van der Waals surface area contributed by atoms with Crippen molar-refractivity contribution in [1.29, 1.82) is 0 Å². The number of ether oxygens (including phenoxy) is 3. The molecule has 14 heteroatoms. The predicted octanol–water partition coefficient (Wildman–Crippen LogP) is 4.07. The van der Waals surface area contributed by atoms with Crippen LogP contribution in [-0.2, 0) is 22.5 Å². The summed E-state index contributed by atoms with van der Waals surface area (Å²) in [6.45, 7) is 4.09. The van der Waals surface area contributed by atoms with E-state index in [0.717, 1.165) is 23.6 Å². The second-order valence-corrected chi connectivity index (χ2v) is 11.6. The summed E-state index contributed by atoms with van der Waals surface area (Å²) in [5.41, 5.74) is 1.31. The van der Waals surface area contributed by atoms with Gasteiger partial charge in [0.15, 0.2) is 0 Å². The number of amides is 2. The molecule has 0 radical (unpaired) electrons. The molecule has 1 N–H and O–H groups in total. The topological polar surface area (TPSA) is 132 Å². The highest BCUT2D eigenvalue weighted by atomic mass is 33.1. The Morgan fingerprint density at radius 3 is 2.71 bits per heavy atom. The number of likely N-dealkylation sites (N-methyl/N-ethyl adjacent to an activating group) is 1. The van der Waals surface area contributed by atoms with Crippen LogP contribution in [0.2, 0.25) is 0 Å². The van der Waals surface area contributed by atoms with Crippen LogP contribution in [0.5, 0.6) is 11.9 Å². The first-order valence-electron chi connectivity index (χ1n) is 13.1. The highest BCUT2D eigenvalue weighted by molar-refractivity contribution is 8.76. The number of pyridine rings is 2. The van der Waals surface area contributed by atoms with Gasteiger partial charge in [0.1, 0.15) is 29.9 Å². The lowest BCUT2D eigenvalue weighted by atomic mass is 10.2. The van der Waals surface area contributed by atoms with E-state index in [1.807, 2.05) is 50.2 Å². The van der Waals surface area contributed by atoms with Crippen LogP contribution < -0.4 is 19.7 Å². The molecule has 1 aliphatic rings. The summed E-state index contributed by atoms with van der Waals surface area (Å²) in [4.78, 5) is 46.7. The second-order valence-electron chi connectivity index (χ2n) is 9.15. The zero-order valence-electron chi connectivity index (χ0n) is 23.2. The number of anilines is 2. The Hall–Kier alpha value is -3.62. The third kappa shape index (κ3) is 9.20. The van der Waals surface area contributed by atoms with E-state index in [1.165, 1.54) is 21.6 Å². The number of rotatable bonds is 15. The molecule has 3 aromatic rings. The molecule has 4 heterocycles. The number of aromatic nitrogens is 4. The third-order valence-corrected chi connectivity index (χ3v) is 7.84. The Kier molecular flexibility index (Phi) is 11.4. The van der Waals surface area contributed by atoms with Crippen molar-refractivity contribution in [3.05, 3.63) is 53.9 Å². The van der Waals surface area contributed by atoms with Gasteiger partial charge in [0.2, 0.25) is 11.8 Å². The maximum Gasteiger partial charge on any atom is 0.412 e. The quantitative estimate of drug-likeness (QED) is 0.199. The summed E-state index contributed by atoms with van der Waals surface area (Å²) in [6.07, 6.45) is 3.52. The molecule has 0 aliphatic carbocycles. The average Bonchev–Trinajstić information content (AvgIpc) is 3.28. The monoisotopic (exact) mass is 599 g/mol. The van der Waals surface area contributed by atoms with Crippen LogP contribution in [0, 0.1) is 0 Å². The summed E-state index contributed by atoms with van der Waals surface area (Å²) in [5.74, 6) is 1.49. The molecule has 0 bridgehead atoms. The van der Waals surface area contributed by atoms with E-state index in [9.17, 15) is 9.59 Å². The van der Waals surface area contributed by atoms with Gasteiger partial charge < -0.3 is 19.1 Å². The lowest BCUT2D eigenvalue weighted by Gasteiger charge is -2.18. The molecule has 0 spiro atoms. The summed E-state index contributed by atoms with van der Waals surface area (Å²) in [7, 11) is 6.99. The number of hydrogen-bond donors (Lipinski definition) is 1. The summed E-state index contributed by atoms with van der Waals surface area (Å²) >= 11 is 0. The molecule has 0 saturated heterocycles. The van der Waals surface area contributed by atoms with Gasteiger partial charge in [-0.3, -0.25) is 15.0 Å². The molecule has 4 rings (SSSR count). The Morgan fingerprint density at radius 2 is 1.98 bits per heavy atom. The molecular weight excluding hydrogens is 566 g/mol. The number of hydrogen-bond acceptors (Lipinski definition) is 12. The van der Waals surface area contributed by atoms with Gasteiger partial charge in [-0.15, -0.1) is 0 Å². The molecule has 2 amide bonds.